The van der Waals surface area contributed by atoms with Crippen molar-refractivity contribution in [3.8, 4) is 0 Å². The molecule has 0 saturated heterocycles. The molecule has 1 amide bonds. The van der Waals surface area contributed by atoms with E-state index in [1.807, 2.05) is 6.07 Å². The summed E-state index contributed by atoms with van der Waals surface area (Å²) in [7, 11) is 0. The summed E-state index contributed by atoms with van der Waals surface area (Å²) >= 11 is 3.29. The SMILES string of the molecule is O=C(/C=C/c1cccc(Br)c1)Nc1ccccc1C(F)(F)F. The summed E-state index contributed by atoms with van der Waals surface area (Å²) < 4.78 is 39.3. The first kappa shape index (κ1) is 16.3. The highest BCUT2D eigenvalue weighted by molar-refractivity contribution is 9.10. The zero-order valence-electron chi connectivity index (χ0n) is 11.2. The van der Waals surface area contributed by atoms with Gasteiger partial charge in [0.25, 0.3) is 0 Å². The highest BCUT2D eigenvalue weighted by Gasteiger charge is 2.33. The first-order valence-corrected chi connectivity index (χ1v) is 7.06. The van der Waals surface area contributed by atoms with Gasteiger partial charge >= 0.3 is 6.18 Å². The lowest BCUT2D eigenvalue weighted by Crippen LogP contribution is -2.14. The van der Waals surface area contributed by atoms with E-state index in [4.69, 9.17) is 0 Å². The van der Waals surface area contributed by atoms with Gasteiger partial charge in [0.2, 0.25) is 5.91 Å². The van der Waals surface area contributed by atoms with Crippen LogP contribution in [0.3, 0.4) is 0 Å². The van der Waals surface area contributed by atoms with E-state index in [0.29, 0.717) is 0 Å². The molecule has 2 aromatic carbocycles. The molecule has 6 heteroatoms. The molecule has 0 aliphatic rings. The number of amides is 1. The van der Waals surface area contributed by atoms with E-state index in [1.54, 1.807) is 18.2 Å². The fourth-order valence-corrected chi connectivity index (χ4v) is 2.21. The van der Waals surface area contributed by atoms with Gasteiger partial charge < -0.3 is 5.32 Å². The second-order valence-electron chi connectivity index (χ2n) is 4.42. The highest BCUT2D eigenvalue weighted by atomic mass is 79.9. The number of halogens is 4. The monoisotopic (exact) mass is 369 g/mol. The Balaban J connectivity index is 2.13. The Morgan fingerprint density at radius 1 is 1.09 bits per heavy atom. The molecule has 0 aromatic heterocycles. The lowest BCUT2D eigenvalue weighted by molar-refractivity contribution is -0.136. The van der Waals surface area contributed by atoms with Gasteiger partial charge in [0, 0.05) is 10.5 Å². The van der Waals surface area contributed by atoms with Crippen LogP contribution in [0.25, 0.3) is 6.08 Å². The van der Waals surface area contributed by atoms with Crippen molar-refractivity contribution in [1.82, 2.24) is 0 Å². The number of nitrogens with one attached hydrogen (secondary N) is 1. The second-order valence-corrected chi connectivity index (χ2v) is 5.34. The molecule has 22 heavy (non-hydrogen) atoms. The predicted octanol–water partition coefficient (Wildman–Crippen LogP) is 5.12. The normalized spacial score (nSPS) is 11.6. The number of alkyl halides is 3. The smallest absolute Gasteiger partial charge is 0.322 e. The van der Waals surface area contributed by atoms with Crippen molar-refractivity contribution in [3.63, 3.8) is 0 Å². The Bertz CT molecular complexity index is 711. The Kier molecular flexibility index (Phi) is 5.03. The van der Waals surface area contributed by atoms with Crippen LogP contribution in [0.1, 0.15) is 11.1 Å². The van der Waals surface area contributed by atoms with Crippen molar-refractivity contribution in [2.45, 2.75) is 6.18 Å². The number of hydrogen-bond acceptors (Lipinski definition) is 1. The minimum atomic E-state index is -4.52. The van der Waals surface area contributed by atoms with Crippen molar-refractivity contribution in [2.75, 3.05) is 5.32 Å². The van der Waals surface area contributed by atoms with Gasteiger partial charge in [-0.3, -0.25) is 4.79 Å². The fraction of sp³-hybridized carbons (Fsp3) is 0.0625. The van der Waals surface area contributed by atoms with Gasteiger partial charge in [-0.2, -0.15) is 13.2 Å². The third-order valence-electron chi connectivity index (χ3n) is 2.77. The molecule has 0 saturated carbocycles. The van der Waals surface area contributed by atoms with E-state index in [-0.39, 0.29) is 5.69 Å². The minimum absolute atomic E-state index is 0.265. The molecule has 0 aliphatic carbocycles. The average molecular weight is 370 g/mol. The number of rotatable bonds is 3. The maximum absolute atomic E-state index is 12.8. The van der Waals surface area contributed by atoms with Crippen LogP contribution in [-0.4, -0.2) is 5.91 Å². The number of hydrogen-bond donors (Lipinski definition) is 1. The Morgan fingerprint density at radius 3 is 2.50 bits per heavy atom. The fourth-order valence-electron chi connectivity index (χ4n) is 1.80. The van der Waals surface area contributed by atoms with Crippen LogP contribution in [-0.2, 0) is 11.0 Å². The lowest BCUT2D eigenvalue weighted by atomic mass is 10.1. The maximum atomic E-state index is 12.8. The van der Waals surface area contributed by atoms with Crippen LogP contribution in [0, 0.1) is 0 Å². The van der Waals surface area contributed by atoms with E-state index in [1.165, 1.54) is 30.4 Å². The second kappa shape index (κ2) is 6.79. The summed E-state index contributed by atoms with van der Waals surface area (Å²) in [6.07, 6.45) is -1.80. The van der Waals surface area contributed by atoms with Crippen molar-refractivity contribution >= 4 is 33.6 Å². The molecule has 2 rings (SSSR count). The highest BCUT2D eigenvalue weighted by Crippen LogP contribution is 2.34. The number of para-hydroxylation sites is 1. The molecule has 0 aliphatic heterocycles. The molecule has 0 bridgehead atoms. The Labute approximate surface area is 133 Å². The summed E-state index contributed by atoms with van der Waals surface area (Å²) in [4.78, 5) is 11.8. The molecule has 2 aromatic rings. The molecule has 0 radical (unpaired) electrons. The van der Waals surface area contributed by atoms with Crippen LogP contribution in [0.15, 0.2) is 59.1 Å². The zero-order chi connectivity index (χ0) is 16.2. The van der Waals surface area contributed by atoms with Crippen LogP contribution in [0.4, 0.5) is 18.9 Å². The van der Waals surface area contributed by atoms with Crippen LogP contribution < -0.4 is 5.32 Å². The van der Waals surface area contributed by atoms with Crippen molar-refractivity contribution in [3.05, 3.63) is 70.2 Å². The molecule has 0 spiro atoms. The van der Waals surface area contributed by atoms with Crippen LogP contribution >= 0.6 is 15.9 Å². The molecule has 0 fully saturated rings. The maximum Gasteiger partial charge on any atom is 0.418 e. The zero-order valence-corrected chi connectivity index (χ0v) is 12.8. The summed E-state index contributed by atoms with van der Waals surface area (Å²) in [6.45, 7) is 0. The van der Waals surface area contributed by atoms with Crippen molar-refractivity contribution < 1.29 is 18.0 Å². The minimum Gasteiger partial charge on any atom is -0.322 e. The first-order valence-electron chi connectivity index (χ1n) is 6.27. The van der Waals surface area contributed by atoms with Crippen molar-refractivity contribution in [2.24, 2.45) is 0 Å². The Morgan fingerprint density at radius 2 is 1.82 bits per heavy atom. The van der Waals surface area contributed by atoms with Gasteiger partial charge in [0.1, 0.15) is 0 Å². The first-order chi connectivity index (χ1) is 10.4. The quantitative estimate of drug-likeness (QED) is 0.747. The van der Waals surface area contributed by atoms with E-state index < -0.39 is 17.6 Å². The summed E-state index contributed by atoms with van der Waals surface area (Å²) in [5.41, 5.74) is -0.383. The molecule has 114 valence electrons. The summed E-state index contributed by atoms with van der Waals surface area (Å²) in [5, 5.41) is 2.24. The van der Waals surface area contributed by atoms with Gasteiger partial charge in [0.05, 0.1) is 11.3 Å². The van der Waals surface area contributed by atoms with Gasteiger partial charge in [-0.05, 0) is 35.9 Å². The third kappa shape index (κ3) is 4.46. The van der Waals surface area contributed by atoms with Gasteiger partial charge in [-0.15, -0.1) is 0 Å². The Hall–Kier alpha value is -2.08. The molecule has 2 nitrogen and oxygen atoms in total. The lowest BCUT2D eigenvalue weighted by Gasteiger charge is -2.12. The van der Waals surface area contributed by atoms with Crippen molar-refractivity contribution in [1.29, 1.82) is 0 Å². The molecular weight excluding hydrogens is 359 g/mol. The van der Waals surface area contributed by atoms with E-state index in [0.717, 1.165) is 16.1 Å². The molecule has 0 heterocycles. The molecule has 0 atom stereocenters. The van der Waals surface area contributed by atoms with E-state index in [2.05, 4.69) is 21.2 Å². The summed E-state index contributed by atoms with van der Waals surface area (Å²) in [5.74, 6) is -0.628. The van der Waals surface area contributed by atoms with E-state index in [9.17, 15) is 18.0 Å². The average Bonchev–Trinajstić information content (AvgIpc) is 2.45. The van der Waals surface area contributed by atoms with Gasteiger partial charge in [0.15, 0.2) is 0 Å². The molecule has 0 unspecified atom stereocenters. The largest absolute Gasteiger partial charge is 0.418 e. The van der Waals surface area contributed by atoms with E-state index >= 15 is 0 Å². The topological polar surface area (TPSA) is 29.1 Å². The number of carbonyl (C=O) groups excluding carboxylic acids is 1. The molecule has 1 N–H and O–H groups in total. The number of carbonyl (C=O) groups is 1. The third-order valence-corrected chi connectivity index (χ3v) is 3.26. The van der Waals surface area contributed by atoms with Crippen LogP contribution in [0.2, 0.25) is 0 Å². The number of anilines is 1. The van der Waals surface area contributed by atoms with Gasteiger partial charge in [-0.25, -0.2) is 0 Å². The summed E-state index contributed by atoms with van der Waals surface area (Å²) in [6, 6.07) is 12.0. The van der Waals surface area contributed by atoms with Crippen LogP contribution in [0.5, 0.6) is 0 Å². The standard InChI is InChI=1S/C16H11BrF3NO/c17-12-5-3-4-11(10-12)8-9-15(22)21-14-7-2-1-6-13(14)16(18,19)20/h1-10H,(H,21,22)/b9-8+. The number of benzene rings is 2. The van der Waals surface area contributed by atoms with Gasteiger partial charge in [-0.1, -0.05) is 40.2 Å². The predicted molar refractivity (Wildman–Crippen MR) is 83.2 cm³/mol. The molecular formula is C16H11BrF3NO.